The number of benzene rings is 1. The zero-order valence-corrected chi connectivity index (χ0v) is 11.9. The van der Waals surface area contributed by atoms with Crippen molar-refractivity contribution in [1.29, 1.82) is 0 Å². The molecule has 1 aliphatic rings. The molecule has 0 aliphatic heterocycles. The smallest absolute Gasteiger partial charge is 0.133 e. The van der Waals surface area contributed by atoms with Crippen LogP contribution in [0.2, 0.25) is 0 Å². The second-order valence-corrected chi connectivity index (χ2v) is 5.29. The zero-order valence-electron chi connectivity index (χ0n) is 11.9. The Balaban J connectivity index is 1.69. The van der Waals surface area contributed by atoms with E-state index in [0.717, 1.165) is 18.7 Å². The van der Waals surface area contributed by atoms with E-state index in [1.807, 2.05) is 13.1 Å². The minimum atomic E-state index is 0.201. The molecular weight excluding hydrogens is 250 g/mol. The molecule has 1 aliphatic carbocycles. The second-order valence-electron chi connectivity index (χ2n) is 5.29. The first kappa shape index (κ1) is 13.4. The molecule has 1 atom stereocenters. The van der Waals surface area contributed by atoms with Gasteiger partial charge in [-0.3, -0.25) is 0 Å². The van der Waals surface area contributed by atoms with Crippen LogP contribution in [0.1, 0.15) is 41.4 Å². The van der Waals surface area contributed by atoms with Gasteiger partial charge in [0.25, 0.3) is 0 Å². The Hall–Kier alpha value is -1.58. The molecule has 0 spiro atoms. The highest BCUT2D eigenvalue weighted by Gasteiger charge is 2.21. The van der Waals surface area contributed by atoms with Gasteiger partial charge >= 0.3 is 0 Å². The fourth-order valence-corrected chi connectivity index (χ4v) is 2.90. The van der Waals surface area contributed by atoms with Crippen molar-refractivity contribution >= 4 is 0 Å². The Morgan fingerprint density at radius 3 is 3.10 bits per heavy atom. The fourth-order valence-electron chi connectivity index (χ4n) is 2.90. The summed E-state index contributed by atoms with van der Waals surface area (Å²) in [5, 5.41) is 3.15. The molecular formula is C17H21NO2. The topological polar surface area (TPSA) is 34.4 Å². The standard InChI is InChI=1S/C17H21NO2/c1-18-11-14-9-10-19-17(14)12-20-16-8-4-6-13-5-2-3-7-15(13)16/h2-3,5,7,9-10,16,18H,4,6,8,11-12H2,1H3. The van der Waals surface area contributed by atoms with E-state index in [1.54, 1.807) is 6.26 Å². The van der Waals surface area contributed by atoms with Gasteiger partial charge in [-0.15, -0.1) is 0 Å². The summed E-state index contributed by atoms with van der Waals surface area (Å²) in [6, 6.07) is 10.6. The normalized spacial score (nSPS) is 17.9. The number of hydrogen-bond acceptors (Lipinski definition) is 3. The molecule has 1 aromatic carbocycles. The Morgan fingerprint density at radius 2 is 2.20 bits per heavy atom. The van der Waals surface area contributed by atoms with Gasteiger partial charge in [-0.25, -0.2) is 0 Å². The molecule has 1 unspecified atom stereocenters. The highest BCUT2D eigenvalue weighted by atomic mass is 16.5. The number of nitrogens with one attached hydrogen (secondary N) is 1. The Bertz CT molecular complexity index is 562. The lowest BCUT2D eigenvalue weighted by molar-refractivity contribution is 0.0187. The maximum atomic E-state index is 6.12. The van der Waals surface area contributed by atoms with Gasteiger partial charge in [-0.2, -0.15) is 0 Å². The van der Waals surface area contributed by atoms with Crippen molar-refractivity contribution in [3.05, 3.63) is 59.0 Å². The van der Waals surface area contributed by atoms with Crippen LogP contribution in [0.4, 0.5) is 0 Å². The van der Waals surface area contributed by atoms with Crippen molar-refractivity contribution in [1.82, 2.24) is 5.32 Å². The second kappa shape index (κ2) is 6.25. The summed E-state index contributed by atoms with van der Waals surface area (Å²) in [4.78, 5) is 0. The quantitative estimate of drug-likeness (QED) is 0.902. The summed E-state index contributed by atoms with van der Waals surface area (Å²) in [5.74, 6) is 0.933. The SMILES string of the molecule is CNCc1ccoc1COC1CCCc2ccccc21. The maximum Gasteiger partial charge on any atom is 0.133 e. The van der Waals surface area contributed by atoms with Gasteiger partial charge in [0.15, 0.2) is 0 Å². The third-order valence-electron chi connectivity index (χ3n) is 3.93. The zero-order chi connectivity index (χ0) is 13.8. The van der Waals surface area contributed by atoms with Crippen molar-refractivity contribution in [3.63, 3.8) is 0 Å². The molecule has 0 fully saturated rings. The van der Waals surface area contributed by atoms with Crippen molar-refractivity contribution in [2.45, 2.75) is 38.5 Å². The minimum Gasteiger partial charge on any atom is -0.467 e. The molecule has 0 radical (unpaired) electrons. The third kappa shape index (κ3) is 2.79. The molecule has 0 amide bonds. The van der Waals surface area contributed by atoms with Crippen LogP contribution in [0.15, 0.2) is 41.0 Å². The van der Waals surface area contributed by atoms with Crippen LogP contribution in [0.25, 0.3) is 0 Å². The Morgan fingerprint density at radius 1 is 1.30 bits per heavy atom. The Kier molecular flexibility index (Phi) is 4.19. The van der Waals surface area contributed by atoms with E-state index in [1.165, 1.54) is 29.5 Å². The number of fused-ring (bicyclic) bond motifs is 1. The molecule has 2 aromatic rings. The van der Waals surface area contributed by atoms with Crippen molar-refractivity contribution < 1.29 is 9.15 Å². The summed E-state index contributed by atoms with van der Waals surface area (Å²) in [7, 11) is 1.94. The highest BCUT2D eigenvalue weighted by Crippen LogP contribution is 2.33. The molecule has 0 saturated carbocycles. The number of aryl methyl sites for hydroxylation is 1. The lowest BCUT2D eigenvalue weighted by Crippen LogP contribution is -2.13. The predicted molar refractivity (Wildman–Crippen MR) is 78.4 cm³/mol. The highest BCUT2D eigenvalue weighted by molar-refractivity contribution is 5.31. The van der Waals surface area contributed by atoms with E-state index >= 15 is 0 Å². The minimum absolute atomic E-state index is 0.201. The van der Waals surface area contributed by atoms with Gasteiger partial charge in [0.2, 0.25) is 0 Å². The van der Waals surface area contributed by atoms with E-state index < -0.39 is 0 Å². The fraction of sp³-hybridized carbons (Fsp3) is 0.412. The van der Waals surface area contributed by atoms with Crippen LogP contribution in [-0.4, -0.2) is 7.05 Å². The van der Waals surface area contributed by atoms with Crippen LogP contribution in [0.5, 0.6) is 0 Å². The average molecular weight is 271 g/mol. The molecule has 3 nitrogen and oxygen atoms in total. The number of hydrogen-bond donors (Lipinski definition) is 1. The maximum absolute atomic E-state index is 6.12. The van der Waals surface area contributed by atoms with Crippen molar-refractivity contribution in [2.24, 2.45) is 0 Å². The molecule has 1 heterocycles. The van der Waals surface area contributed by atoms with Crippen LogP contribution in [-0.2, 0) is 24.3 Å². The molecule has 106 valence electrons. The first-order chi connectivity index (χ1) is 9.88. The number of ether oxygens (including phenoxy) is 1. The molecule has 0 saturated heterocycles. The molecule has 20 heavy (non-hydrogen) atoms. The van der Waals surface area contributed by atoms with Crippen LogP contribution < -0.4 is 5.32 Å². The van der Waals surface area contributed by atoms with Crippen LogP contribution in [0.3, 0.4) is 0 Å². The van der Waals surface area contributed by atoms with Gasteiger partial charge in [-0.05, 0) is 43.5 Å². The summed E-state index contributed by atoms with van der Waals surface area (Å²) in [6.07, 6.45) is 5.40. The van der Waals surface area contributed by atoms with Gasteiger partial charge < -0.3 is 14.5 Å². The van der Waals surface area contributed by atoms with Gasteiger partial charge in [-0.1, -0.05) is 24.3 Å². The third-order valence-corrected chi connectivity index (χ3v) is 3.93. The summed E-state index contributed by atoms with van der Waals surface area (Å²) in [6.45, 7) is 1.36. The molecule has 1 aromatic heterocycles. The Labute approximate surface area is 119 Å². The lowest BCUT2D eigenvalue weighted by atomic mass is 9.89. The number of furan rings is 1. The van der Waals surface area contributed by atoms with E-state index in [-0.39, 0.29) is 6.10 Å². The molecule has 3 heteroatoms. The predicted octanol–water partition coefficient (Wildman–Crippen LogP) is 3.59. The molecule has 3 rings (SSSR count). The summed E-state index contributed by atoms with van der Waals surface area (Å²) < 4.78 is 11.7. The van der Waals surface area contributed by atoms with E-state index in [0.29, 0.717) is 6.61 Å². The summed E-state index contributed by atoms with van der Waals surface area (Å²) in [5.41, 5.74) is 3.95. The summed E-state index contributed by atoms with van der Waals surface area (Å²) >= 11 is 0. The molecule has 1 N–H and O–H groups in total. The number of rotatable bonds is 5. The van der Waals surface area contributed by atoms with Gasteiger partial charge in [0, 0.05) is 12.1 Å². The first-order valence-corrected chi connectivity index (χ1v) is 7.27. The van der Waals surface area contributed by atoms with E-state index in [9.17, 15) is 0 Å². The van der Waals surface area contributed by atoms with Crippen LogP contribution >= 0.6 is 0 Å². The van der Waals surface area contributed by atoms with Gasteiger partial charge in [0.05, 0.1) is 12.4 Å². The van der Waals surface area contributed by atoms with E-state index in [4.69, 9.17) is 9.15 Å². The van der Waals surface area contributed by atoms with Crippen LogP contribution in [0, 0.1) is 0 Å². The monoisotopic (exact) mass is 271 g/mol. The average Bonchev–Trinajstić information content (AvgIpc) is 2.93. The first-order valence-electron chi connectivity index (χ1n) is 7.27. The molecule has 0 bridgehead atoms. The largest absolute Gasteiger partial charge is 0.467 e. The van der Waals surface area contributed by atoms with Crippen molar-refractivity contribution in [3.8, 4) is 0 Å². The van der Waals surface area contributed by atoms with Gasteiger partial charge in [0.1, 0.15) is 12.4 Å². The lowest BCUT2D eigenvalue weighted by Gasteiger charge is -2.25. The van der Waals surface area contributed by atoms with E-state index in [2.05, 4.69) is 29.6 Å². The van der Waals surface area contributed by atoms with Crippen molar-refractivity contribution in [2.75, 3.05) is 7.05 Å².